The standard InChI is InChI=1S/C10H9BrN4O3/c1-18-8-4-6(11)2-3-7(8)10-12-13-14-15(10)5-9(16)17/h2-4H,5H2,1H3,(H,16,17). The van der Waals surface area contributed by atoms with Gasteiger partial charge >= 0.3 is 5.97 Å². The SMILES string of the molecule is COc1cc(Br)ccc1-c1nnnn1CC(=O)O. The summed E-state index contributed by atoms with van der Waals surface area (Å²) in [6.45, 7) is -0.304. The Morgan fingerprint density at radius 1 is 1.56 bits per heavy atom. The van der Waals surface area contributed by atoms with Gasteiger partial charge in [-0.2, -0.15) is 0 Å². The Morgan fingerprint density at radius 2 is 2.33 bits per heavy atom. The van der Waals surface area contributed by atoms with Gasteiger partial charge in [-0.3, -0.25) is 4.79 Å². The van der Waals surface area contributed by atoms with Gasteiger partial charge in [0, 0.05) is 4.47 Å². The molecule has 0 aliphatic carbocycles. The molecule has 7 nitrogen and oxygen atoms in total. The van der Waals surface area contributed by atoms with Crippen LogP contribution in [-0.2, 0) is 11.3 Å². The Morgan fingerprint density at radius 3 is 3.00 bits per heavy atom. The normalized spacial score (nSPS) is 10.3. The molecule has 18 heavy (non-hydrogen) atoms. The zero-order valence-corrected chi connectivity index (χ0v) is 11.0. The third kappa shape index (κ3) is 2.48. The molecule has 2 aromatic rings. The largest absolute Gasteiger partial charge is 0.496 e. The van der Waals surface area contributed by atoms with E-state index in [1.807, 2.05) is 0 Å². The highest BCUT2D eigenvalue weighted by Gasteiger charge is 2.15. The van der Waals surface area contributed by atoms with Crippen molar-refractivity contribution in [2.45, 2.75) is 6.54 Å². The molecule has 0 aliphatic rings. The number of tetrazole rings is 1. The first-order chi connectivity index (χ1) is 8.61. The van der Waals surface area contributed by atoms with Crippen LogP contribution in [0.1, 0.15) is 0 Å². The fourth-order valence-electron chi connectivity index (χ4n) is 1.48. The molecular weight excluding hydrogens is 304 g/mol. The molecule has 2 rings (SSSR count). The summed E-state index contributed by atoms with van der Waals surface area (Å²) in [6, 6.07) is 5.32. The number of hydrogen-bond acceptors (Lipinski definition) is 5. The summed E-state index contributed by atoms with van der Waals surface area (Å²) < 4.78 is 7.27. The Labute approximate surface area is 111 Å². The first-order valence-electron chi connectivity index (χ1n) is 4.93. The number of halogens is 1. The first-order valence-corrected chi connectivity index (χ1v) is 5.73. The van der Waals surface area contributed by atoms with Crippen LogP contribution in [0.25, 0.3) is 11.4 Å². The van der Waals surface area contributed by atoms with Crippen molar-refractivity contribution >= 4 is 21.9 Å². The molecule has 0 radical (unpaired) electrons. The molecule has 0 saturated heterocycles. The summed E-state index contributed by atoms with van der Waals surface area (Å²) in [4.78, 5) is 10.7. The van der Waals surface area contributed by atoms with Crippen molar-refractivity contribution < 1.29 is 14.6 Å². The molecular formula is C10H9BrN4O3. The van der Waals surface area contributed by atoms with Crippen molar-refractivity contribution in [3.8, 4) is 17.1 Å². The molecule has 1 N–H and O–H groups in total. The lowest BCUT2D eigenvalue weighted by Crippen LogP contribution is -2.11. The Hall–Kier alpha value is -1.96. The predicted octanol–water partition coefficient (Wildman–Crippen LogP) is 1.20. The summed E-state index contributed by atoms with van der Waals surface area (Å²) in [5, 5.41) is 19.7. The van der Waals surface area contributed by atoms with Gasteiger partial charge in [0.15, 0.2) is 5.82 Å². The number of carboxylic acids is 1. The lowest BCUT2D eigenvalue weighted by molar-refractivity contribution is -0.137. The number of aliphatic carboxylic acids is 1. The minimum absolute atomic E-state index is 0.304. The fourth-order valence-corrected chi connectivity index (χ4v) is 1.82. The van der Waals surface area contributed by atoms with Crippen molar-refractivity contribution in [1.29, 1.82) is 0 Å². The molecule has 0 atom stereocenters. The van der Waals surface area contributed by atoms with Crippen LogP contribution in [0.4, 0.5) is 0 Å². The van der Waals surface area contributed by atoms with Crippen molar-refractivity contribution in [3.05, 3.63) is 22.7 Å². The van der Waals surface area contributed by atoms with Crippen LogP contribution < -0.4 is 4.74 Å². The van der Waals surface area contributed by atoms with E-state index in [1.54, 1.807) is 18.2 Å². The lowest BCUT2D eigenvalue weighted by atomic mass is 10.2. The maximum absolute atomic E-state index is 10.7. The molecule has 0 fully saturated rings. The molecule has 8 heteroatoms. The van der Waals surface area contributed by atoms with E-state index < -0.39 is 5.97 Å². The average Bonchev–Trinajstić information content (AvgIpc) is 2.76. The topological polar surface area (TPSA) is 90.1 Å². The summed E-state index contributed by atoms with van der Waals surface area (Å²) in [5.41, 5.74) is 0.631. The quantitative estimate of drug-likeness (QED) is 0.912. The van der Waals surface area contributed by atoms with Crippen LogP contribution in [-0.4, -0.2) is 38.4 Å². The van der Waals surface area contributed by atoms with E-state index in [0.717, 1.165) is 4.47 Å². The Bertz CT molecular complexity index is 584. The van der Waals surface area contributed by atoms with Crippen LogP contribution in [0, 0.1) is 0 Å². The van der Waals surface area contributed by atoms with Crippen molar-refractivity contribution in [3.63, 3.8) is 0 Å². The second-order valence-electron chi connectivity index (χ2n) is 3.40. The van der Waals surface area contributed by atoms with E-state index in [2.05, 4.69) is 31.5 Å². The van der Waals surface area contributed by atoms with Crippen LogP contribution in [0.5, 0.6) is 5.75 Å². The molecule has 1 heterocycles. The summed E-state index contributed by atoms with van der Waals surface area (Å²) >= 11 is 3.33. The number of ether oxygens (including phenoxy) is 1. The van der Waals surface area contributed by atoms with Gasteiger partial charge in [0.1, 0.15) is 12.3 Å². The van der Waals surface area contributed by atoms with E-state index in [9.17, 15) is 4.79 Å². The monoisotopic (exact) mass is 312 g/mol. The zero-order valence-electron chi connectivity index (χ0n) is 9.37. The van der Waals surface area contributed by atoms with Crippen LogP contribution >= 0.6 is 15.9 Å². The number of rotatable bonds is 4. The Kier molecular flexibility index (Phi) is 3.56. The van der Waals surface area contributed by atoms with Crippen molar-refractivity contribution in [1.82, 2.24) is 20.2 Å². The first kappa shape index (κ1) is 12.5. The van der Waals surface area contributed by atoms with E-state index in [0.29, 0.717) is 17.1 Å². The smallest absolute Gasteiger partial charge is 0.325 e. The van der Waals surface area contributed by atoms with Crippen molar-refractivity contribution in [2.75, 3.05) is 7.11 Å². The molecule has 1 aromatic heterocycles. The molecule has 94 valence electrons. The fraction of sp³-hybridized carbons (Fsp3) is 0.200. The second kappa shape index (κ2) is 5.13. The highest BCUT2D eigenvalue weighted by atomic mass is 79.9. The zero-order chi connectivity index (χ0) is 13.1. The second-order valence-corrected chi connectivity index (χ2v) is 4.31. The molecule has 0 bridgehead atoms. The highest BCUT2D eigenvalue weighted by Crippen LogP contribution is 2.30. The third-order valence-electron chi connectivity index (χ3n) is 2.22. The van der Waals surface area contributed by atoms with Gasteiger partial charge in [-0.05, 0) is 28.6 Å². The van der Waals surface area contributed by atoms with Crippen LogP contribution in [0.3, 0.4) is 0 Å². The van der Waals surface area contributed by atoms with Gasteiger partial charge in [0.25, 0.3) is 0 Å². The van der Waals surface area contributed by atoms with Gasteiger partial charge in [-0.15, -0.1) is 5.10 Å². The summed E-state index contributed by atoms with van der Waals surface area (Å²) in [5.74, 6) is -0.104. The van der Waals surface area contributed by atoms with E-state index in [1.165, 1.54) is 11.8 Å². The van der Waals surface area contributed by atoms with E-state index in [-0.39, 0.29) is 6.54 Å². The van der Waals surface area contributed by atoms with Gasteiger partial charge in [-0.1, -0.05) is 15.9 Å². The highest BCUT2D eigenvalue weighted by molar-refractivity contribution is 9.10. The molecule has 0 spiro atoms. The summed E-state index contributed by atoms with van der Waals surface area (Å²) in [6.07, 6.45) is 0. The number of hydrogen-bond donors (Lipinski definition) is 1. The number of aromatic nitrogens is 4. The number of methoxy groups -OCH3 is 1. The van der Waals surface area contributed by atoms with E-state index in [4.69, 9.17) is 9.84 Å². The molecule has 0 aliphatic heterocycles. The summed E-state index contributed by atoms with van der Waals surface area (Å²) in [7, 11) is 1.52. The number of carboxylic acid groups (broad SMARTS) is 1. The Balaban J connectivity index is 2.48. The number of nitrogens with zero attached hydrogens (tertiary/aromatic N) is 4. The van der Waals surface area contributed by atoms with Gasteiger partial charge in [-0.25, -0.2) is 4.68 Å². The van der Waals surface area contributed by atoms with Gasteiger partial charge < -0.3 is 9.84 Å². The third-order valence-corrected chi connectivity index (χ3v) is 2.71. The maximum Gasteiger partial charge on any atom is 0.325 e. The number of benzene rings is 1. The van der Waals surface area contributed by atoms with Crippen LogP contribution in [0.15, 0.2) is 22.7 Å². The molecule has 0 saturated carbocycles. The van der Waals surface area contributed by atoms with E-state index >= 15 is 0 Å². The van der Waals surface area contributed by atoms with Crippen LogP contribution in [0.2, 0.25) is 0 Å². The minimum Gasteiger partial charge on any atom is -0.496 e. The minimum atomic E-state index is -1.01. The molecule has 1 aromatic carbocycles. The predicted molar refractivity (Wildman–Crippen MR) is 65.1 cm³/mol. The maximum atomic E-state index is 10.7. The van der Waals surface area contributed by atoms with Gasteiger partial charge in [0.05, 0.1) is 12.7 Å². The molecule has 0 amide bonds. The number of carbonyl (C=O) groups is 1. The van der Waals surface area contributed by atoms with Gasteiger partial charge in [0.2, 0.25) is 0 Å². The molecule has 0 unspecified atom stereocenters. The lowest BCUT2D eigenvalue weighted by Gasteiger charge is -2.08. The van der Waals surface area contributed by atoms with Crippen molar-refractivity contribution in [2.24, 2.45) is 0 Å². The average molecular weight is 313 g/mol.